The van der Waals surface area contributed by atoms with Gasteiger partial charge in [0.25, 0.3) is 0 Å². The van der Waals surface area contributed by atoms with Gasteiger partial charge in [-0.15, -0.1) is 0 Å². The molecule has 6 nitrogen and oxygen atoms in total. The Bertz CT molecular complexity index is 1270. The van der Waals surface area contributed by atoms with Gasteiger partial charge in [-0.2, -0.15) is 5.26 Å². The van der Waals surface area contributed by atoms with Crippen LogP contribution >= 0.6 is 11.6 Å². The van der Waals surface area contributed by atoms with Gasteiger partial charge in [-0.1, -0.05) is 54.1 Å². The van der Waals surface area contributed by atoms with Crippen molar-refractivity contribution in [3.63, 3.8) is 0 Å². The number of pyridine rings is 1. The van der Waals surface area contributed by atoms with Gasteiger partial charge in [-0.3, -0.25) is 9.88 Å². The van der Waals surface area contributed by atoms with E-state index in [1.807, 2.05) is 30.3 Å². The highest BCUT2D eigenvalue weighted by Crippen LogP contribution is 2.68. The van der Waals surface area contributed by atoms with Crippen molar-refractivity contribution in [3.8, 4) is 11.8 Å². The van der Waals surface area contributed by atoms with E-state index >= 15 is 0 Å². The number of halogens is 1. The molecule has 0 radical (unpaired) electrons. The predicted molar refractivity (Wildman–Crippen MR) is 131 cm³/mol. The highest BCUT2D eigenvalue weighted by atomic mass is 35.5. The normalized spacial score (nSPS) is 29.7. The first-order chi connectivity index (χ1) is 17.1. The fourth-order valence-corrected chi connectivity index (χ4v) is 6.44. The number of hydrogen-bond acceptors (Lipinski definition) is 6. The summed E-state index contributed by atoms with van der Waals surface area (Å²) < 4.78 is 12.4. The molecule has 35 heavy (non-hydrogen) atoms. The van der Waals surface area contributed by atoms with Crippen LogP contribution in [0.1, 0.15) is 34.7 Å². The third-order valence-corrected chi connectivity index (χ3v) is 8.05. The number of aromatic nitrogens is 1. The Morgan fingerprint density at radius 1 is 1.11 bits per heavy atom. The summed E-state index contributed by atoms with van der Waals surface area (Å²) in [7, 11) is 0. The Hall–Kier alpha value is -2.95. The maximum atomic E-state index is 12.9. The number of nitrogens with zero attached hydrogens (tertiary/aromatic N) is 3. The minimum absolute atomic E-state index is 0.138. The zero-order chi connectivity index (χ0) is 24.0. The molecule has 2 aliphatic heterocycles. The summed E-state index contributed by atoms with van der Waals surface area (Å²) in [5.74, 6) is 0.231. The van der Waals surface area contributed by atoms with Gasteiger partial charge in [0.1, 0.15) is 11.4 Å². The summed E-state index contributed by atoms with van der Waals surface area (Å²) in [6.45, 7) is 3.74. The average molecular weight is 488 g/mol. The van der Waals surface area contributed by atoms with Crippen LogP contribution in [0.25, 0.3) is 0 Å². The van der Waals surface area contributed by atoms with Crippen LogP contribution in [0.5, 0.6) is 5.75 Å². The van der Waals surface area contributed by atoms with E-state index in [1.165, 1.54) is 0 Å². The molecule has 3 unspecified atom stereocenters. The van der Waals surface area contributed by atoms with Crippen LogP contribution in [0.4, 0.5) is 0 Å². The Morgan fingerprint density at radius 2 is 1.86 bits per heavy atom. The van der Waals surface area contributed by atoms with Gasteiger partial charge in [0, 0.05) is 43.7 Å². The Kier molecular flexibility index (Phi) is 5.54. The van der Waals surface area contributed by atoms with Crippen LogP contribution < -0.4 is 4.74 Å². The van der Waals surface area contributed by atoms with Crippen molar-refractivity contribution in [1.29, 1.82) is 5.26 Å². The van der Waals surface area contributed by atoms with Crippen LogP contribution in [0.15, 0.2) is 66.9 Å². The van der Waals surface area contributed by atoms with Crippen molar-refractivity contribution in [3.05, 3.63) is 94.3 Å². The van der Waals surface area contributed by atoms with E-state index < -0.39 is 11.2 Å². The molecule has 3 aliphatic rings. The predicted octanol–water partition coefficient (Wildman–Crippen LogP) is 4.22. The van der Waals surface area contributed by atoms with Gasteiger partial charge in [0.15, 0.2) is 11.2 Å². The maximum Gasteiger partial charge on any atom is 0.175 e. The molecule has 0 spiro atoms. The van der Waals surface area contributed by atoms with Crippen LogP contribution in [0.3, 0.4) is 0 Å². The molecule has 0 bridgehead atoms. The largest absolute Gasteiger partial charge is 0.476 e. The number of nitriles is 1. The Balaban J connectivity index is 1.56. The van der Waals surface area contributed by atoms with Crippen molar-refractivity contribution in [2.45, 2.75) is 23.5 Å². The van der Waals surface area contributed by atoms with Gasteiger partial charge in [0.2, 0.25) is 0 Å². The molecule has 2 aromatic carbocycles. The van der Waals surface area contributed by atoms with Crippen molar-refractivity contribution < 1.29 is 14.6 Å². The van der Waals surface area contributed by atoms with Gasteiger partial charge in [-0.25, -0.2) is 0 Å². The first-order valence-corrected chi connectivity index (χ1v) is 12.4. The third-order valence-electron chi connectivity index (χ3n) is 7.85. The lowest BCUT2D eigenvalue weighted by Crippen LogP contribution is -2.53. The van der Waals surface area contributed by atoms with Gasteiger partial charge >= 0.3 is 0 Å². The molecule has 7 heteroatoms. The molecule has 2 fully saturated rings. The van der Waals surface area contributed by atoms with Gasteiger partial charge < -0.3 is 14.6 Å². The van der Waals surface area contributed by atoms with Gasteiger partial charge in [-0.05, 0) is 29.7 Å². The van der Waals surface area contributed by atoms with E-state index in [4.69, 9.17) is 21.1 Å². The highest BCUT2D eigenvalue weighted by molar-refractivity contribution is 6.30. The first kappa shape index (κ1) is 22.5. The second kappa shape index (κ2) is 8.61. The zero-order valence-corrected chi connectivity index (χ0v) is 20.0. The lowest BCUT2D eigenvalue weighted by atomic mass is 9.71. The molecule has 3 heterocycles. The van der Waals surface area contributed by atoms with E-state index in [2.05, 4.69) is 28.1 Å². The molecule has 1 N–H and O–H groups in total. The summed E-state index contributed by atoms with van der Waals surface area (Å²) in [4.78, 5) is 7.00. The topological polar surface area (TPSA) is 78.6 Å². The van der Waals surface area contributed by atoms with Crippen molar-refractivity contribution in [2.75, 3.05) is 32.8 Å². The van der Waals surface area contributed by atoms with E-state index in [-0.39, 0.29) is 11.8 Å². The van der Waals surface area contributed by atoms with E-state index in [1.54, 1.807) is 24.4 Å². The monoisotopic (exact) mass is 487 g/mol. The highest BCUT2D eigenvalue weighted by Gasteiger charge is 2.73. The fourth-order valence-electron chi connectivity index (χ4n) is 6.30. The molecular weight excluding hydrogens is 462 g/mol. The van der Waals surface area contributed by atoms with Crippen molar-refractivity contribution in [2.24, 2.45) is 5.92 Å². The average Bonchev–Trinajstić information content (AvgIpc) is 3.30. The molecule has 1 saturated carbocycles. The number of hydrogen-bond donors (Lipinski definition) is 1. The number of fused-ring (bicyclic) bond motifs is 3. The van der Waals surface area contributed by atoms with E-state index in [0.717, 1.165) is 30.6 Å². The van der Waals surface area contributed by atoms with Crippen molar-refractivity contribution >= 4 is 11.6 Å². The first-order valence-electron chi connectivity index (χ1n) is 12.0. The van der Waals surface area contributed by atoms with Crippen LogP contribution in [0, 0.1) is 17.2 Å². The fraction of sp³-hybridized carbons (Fsp3) is 0.357. The standard InChI is InChI=1S/C28H26ClN3O3/c29-23-15-25-26(31-17-23)27(33)22(18-32-10-12-34-13-11-32)14-24(20-4-2-1-3-5-20)28(27,35-25)21-8-6-19(16-30)7-9-21/h1-9,15,17,22,24,33H,10-14,18H2/t22-,24?,27?,28?/m1/s1. The third kappa shape index (κ3) is 3.38. The second-order valence-corrected chi connectivity index (χ2v) is 10.0. The molecule has 1 aliphatic carbocycles. The minimum atomic E-state index is -1.39. The lowest BCUT2D eigenvalue weighted by Gasteiger charge is -2.42. The number of aliphatic hydroxyl groups is 1. The number of benzene rings is 2. The lowest BCUT2D eigenvalue weighted by molar-refractivity contribution is -0.135. The molecule has 1 aromatic heterocycles. The summed E-state index contributed by atoms with van der Waals surface area (Å²) in [6.07, 6.45) is 2.31. The van der Waals surface area contributed by atoms with Crippen LogP contribution in [-0.4, -0.2) is 47.8 Å². The van der Waals surface area contributed by atoms with Crippen molar-refractivity contribution in [1.82, 2.24) is 9.88 Å². The smallest absolute Gasteiger partial charge is 0.175 e. The van der Waals surface area contributed by atoms with E-state index in [9.17, 15) is 10.4 Å². The number of ether oxygens (including phenoxy) is 2. The van der Waals surface area contributed by atoms with Gasteiger partial charge in [0.05, 0.1) is 29.9 Å². The Morgan fingerprint density at radius 3 is 2.57 bits per heavy atom. The number of rotatable bonds is 4. The van der Waals surface area contributed by atoms with Crippen LogP contribution in [-0.2, 0) is 15.9 Å². The molecule has 0 amide bonds. The SMILES string of the molecule is N#Cc1ccc(C23Oc4cc(Cl)cnc4C2(O)[C@@H](CN2CCOCC2)CC3c2ccccc2)cc1. The summed E-state index contributed by atoms with van der Waals surface area (Å²) in [6, 6.07) is 21.6. The second-order valence-electron chi connectivity index (χ2n) is 9.60. The van der Waals surface area contributed by atoms with Crippen LogP contribution in [0.2, 0.25) is 5.02 Å². The zero-order valence-electron chi connectivity index (χ0n) is 19.2. The summed E-state index contributed by atoms with van der Waals surface area (Å²) in [5.41, 5.74) is 0.511. The molecule has 4 atom stereocenters. The molecule has 6 rings (SSSR count). The molecular formula is C28H26ClN3O3. The summed E-state index contributed by atoms with van der Waals surface area (Å²) >= 11 is 6.32. The Labute approximate surface area is 209 Å². The molecule has 3 aromatic rings. The van der Waals surface area contributed by atoms with E-state index in [0.29, 0.717) is 41.8 Å². The maximum absolute atomic E-state index is 12.9. The molecule has 178 valence electrons. The summed E-state index contributed by atoms with van der Waals surface area (Å²) in [5, 5.41) is 22.7. The quantitative estimate of drug-likeness (QED) is 0.593. The molecule has 1 saturated heterocycles. The number of morpholine rings is 1. The minimum Gasteiger partial charge on any atom is -0.476 e.